The topological polar surface area (TPSA) is 83.8 Å². The van der Waals surface area contributed by atoms with Crippen LogP contribution in [0.1, 0.15) is 74.2 Å². The van der Waals surface area contributed by atoms with Gasteiger partial charge in [-0.2, -0.15) is 0 Å². The zero-order valence-electron chi connectivity index (χ0n) is 14.2. The highest BCUT2D eigenvalue weighted by molar-refractivity contribution is 5.94. The van der Waals surface area contributed by atoms with E-state index in [2.05, 4.69) is 0 Å². The highest BCUT2D eigenvalue weighted by atomic mass is 16.5. The average molecular weight is 334 g/mol. The summed E-state index contributed by atoms with van der Waals surface area (Å²) >= 11 is 0. The molecule has 2 N–H and O–H groups in total. The van der Waals surface area contributed by atoms with Gasteiger partial charge in [0.1, 0.15) is 28.9 Å². The Bertz CT molecular complexity index is 594. The number of fused-ring (bicyclic) bond motifs is 1. The van der Waals surface area contributed by atoms with E-state index in [0.717, 1.165) is 19.3 Å². The molecule has 0 amide bonds. The Balaban J connectivity index is 2.26. The van der Waals surface area contributed by atoms with Crippen LogP contribution >= 0.6 is 0 Å². The normalized spacial score (nSPS) is 20.8. The van der Waals surface area contributed by atoms with Crippen LogP contribution in [0, 0.1) is 0 Å². The Morgan fingerprint density at radius 3 is 2.50 bits per heavy atom. The number of ketones is 1. The van der Waals surface area contributed by atoms with Crippen LogP contribution in [-0.4, -0.2) is 28.1 Å². The quantitative estimate of drug-likeness (QED) is 0.761. The van der Waals surface area contributed by atoms with Crippen molar-refractivity contribution in [3.63, 3.8) is 0 Å². The van der Waals surface area contributed by atoms with Crippen LogP contribution in [0.15, 0.2) is 12.1 Å². The lowest BCUT2D eigenvalue weighted by Gasteiger charge is -2.19. The van der Waals surface area contributed by atoms with Crippen LogP contribution in [0.5, 0.6) is 11.5 Å². The van der Waals surface area contributed by atoms with Crippen molar-refractivity contribution in [3.8, 4) is 11.5 Å². The number of rotatable bonds is 1. The predicted molar refractivity (Wildman–Crippen MR) is 90.3 cm³/mol. The molecule has 1 heterocycles. The molecule has 0 saturated heterocycles. The van der Waals surface area contributed by atoms with Crippen molar-refractivity contribution < 1.29 is 24.5 Å². The number of hydrogen-bond donors (Lipinski definition) is 2. The number of hydrogen-bond acceptors (Lipinski definition) is 5. The molecule has 0 aromatic heterocycles. The van der Waals surface area contributed by atoms with E-state index in [4.69, 9.17) is 4.74 Å². The van der Waals surface area contributed by atoms with Gasteiger partial charge < -0.3 is 14.9 Å². The minimum atomic E-state index is -0.558. The van der Waals surface area contributed by atoms with Crippen LogP contribution in [0.2, 0.25) is 0 Å². The zero-order valence-corrected chi connectivity index (χ0v) is 14.2. The summed E-state index contributed by atoms with van der Waals surface area (Å²) in [5, 5.41) is 19.8. The van der Waals surface area contributed by atoms with Crippen molar-refractivity contribution in [1.82, 2.24) is 0 Å². The van der Waals surface area contributed by atoms with E-state index < -0.39 is 5.97 Å². The van der Waals surface area contributed by atoms with Gasteiger partial charge in [-0.15, -0.1) is 0 Å². The number of carbonyl (C=O) groups excluding carboxylic acids is 2. The van der Waals surface area contributed by atoms with E-state index in [1.165, 1.54) is 12.1 Å². The maximum atomic E-state index is 12.5. The maximum absolute atomic E-state index is 12.5. The molecule has 1 aliphatic rings. The number of benzene rings is 1. The summed E-state index contributed by atoms with van der Waals surface area (Å²) in [6.45, 7) is 1.93. The summed E-state index contributed by atoms with van der Waals surface area (Å²) < 4.78 is 5.54. The smallest absolute Gasteiger partial charge is 0.342 e. The van der Waals surface area contributed by atoms with Gasteiger partial charge in [0.15, 0.2) is 0 Å². The van der Waals surface area contributed by atoms with Crippen LogP contribution < -0.4 is 0 Å². The van der Waals surface area contributed by atoms with Crippen molar-refractivity contribution in [1.29, 1.82) is 0 Å². The Labute approximate surface area is 142 Å². The Morgan fingerprint density at radius 2 is 1.75 bits per heavy atom. The highest BCUT2D eigenvalue weighted by Crippen LogP contribution is 2.30. The number of phenols is 2. The summed E-state index contributed by atoms with van der Waals surface area (Å²) in [6, 6.07) is 2.68. The minimum absolute atomic E-state index is 0.0672. The molecule has 0 radical (unpaired) electrons. The van der Waals surface area contributed by atoms with Gasteiger partial charge in [0, 0.05) is 18.9 Å². The molecule has 0 aliphatic carbocycles. The first-order valence-corrected chi connectivity index (χ1v) is 8.78. The number of Topliss-reactive ketones (excluding diaryl/α,β-unsaturated/α-hetero) is 1. The molecule has 1 aromatic carbocycles. The molecular weight excluding hydrogens is 308 g/mol. The Morgan fingerprint density at radius 1 is 1.04 bits per heavy atom. The van der Waals surface area contributed by atoms with Crippen LogP contribution in [0.25, 0.3) is 0 Å². The first kappa shape index (κ1) is 18.3. The largest absolute Gasteiger partial charge is 0.508 e. The molecule has 0 fully saturated rings. The Kier molecular flexibility index (Phi) is 6.64. The van der Waals surface area contributed by atoms with Crippen LogP contribution in [0.4, 0.5) is 0 Å². The van der Waals surface area contributed by atoms with Crippen LogP contribution in [0.3, 0.4) is 0 Å². The molecule has 0 unspecified atom stereocenters. The molecule has 132 valence electrons. The SMILES string of the molecule is CC[C@H]1CCCC(=O)CCCCCc2cc(O)cc(O)c2C(=O)O1. The predicted octanol–water partition coefficient (Wildman–Crippen LogP) is 3.89. The van der Waals surface area contributed by atoms with Gasteiger partial charge in [-0.1, -0.05) is 13.3 Å². The summed E-state index contributed by atoms with van der Waals surface area (Å²) in [4.78, 5) is 24.3. The number of ether oxygens (including phenoxy) is 1. The lowest BCUT2D eigenvalue weighted by molar-refractivity contribution is -0.119. The third-order valence-corrected chi connectivity index (χ3v) is 4.50. The third-order valence-electron chi connectivity index (χ3n) is 4.50. The van der Waals surface area contributed by atoms with Crippen molar-refractivity contribution in [2.75, 3.05) is 0 Å². The molecule has 1 atom stereocenters. The Hall–Kier alpha value is -2.04. The van der Waals surface area contributed by atoms with E-state index in [1.807, 2.05) is 6.92 Å². The molecule has 0 saturated carbocycles. The van der Waals surface area contributed by atoms with Gasteiger partial charge >= 0.3 is 5.97 Å². The van der Waals surface area contributed by atoms with Gasteiger partial charge in [0.05, 0.1) is 0 Å². The zero-order chi connectivity index (χ0) is 17.5. The molecule has 2 rings (SSSR count). The monoisotopic (exact) mass is 334 g/mol. The first-order valence-electron chi connectivity index (χ1n) is 8.78. The van der Waals surface area contributed by atoms with E-state index in [0.29, 0.717) is 44.1 Å². The number of esters is 1. The van der Waals surface area contributed by atoms with E-state index in [1.54, 1.807) is 0 Å². The second-order valence-corrected chi connectivity index (χ2v) is 6.43. The van der Waals surface area contributed by atoms with E-state index >= 15 is 0 Å². The molecular formula is C19H26O5. The molecule has 1 aliphatic heterocycles. The first-order chi connectivity index (χ1) is 11.5. The number of cyclic esters (lactones) is 1. The number of carbonyl (C=O) groups is 2. The summed E-state index contributed by atoms with van der Waals surface area (Å²) in [6.07, 6.45) is 5.91. The lowest BCUT2D eigenvalue weighted by atomic mass is 9.98. The third kappa shape index (κ3) is 4.98. The van der Waals surface area contributed by atoms with Gasteiger partial charge in [0.2, 0.25) is 0 Å². The second-order valence-electron chi connectivity index (χ2n) is 6.43. The van der Waals surface area contributed by atoms with Gasteiger partial charge in [-0.05, 0) is 50.2 Å². The van der Waals surface area contributed by atoms with Gasteiger partial charge in [0.25, 0.3) is 0 Å². The standard InChI is InChI=1S/C19H26O5/c1-2-16-10-6-9-14(20)8-5-3-4-7-13-11-15(21)12-17(22)18(13)19(23)24-16/h11-12,16,21-22H,2-10H2,1H3/t16-/m0/s1. The fraction of sp³-hybridized carbons (Fsp3) is 0.579. The fourth-order valence-electron chi connectivity index (χ4n) is 3.12. The van der Waals surface area contributed by atoms with Crippen molar-refractivity contribution in [2.45, 2.75) is 70.8 Å². The summed E-state index contributed by atoms with van der Waals surface area (Å²) in [7, 11) is 0. The van der Waals surface area contributed by atoms with Gasteiger partial charge in [-0.3, -0.25) is 4.79 Å². The second kappa shape index (κ2) is 8.71. The van der Waals surface area contributed by atoms with Gasteiger partial charge in [-0.25, -0.2) is 4.79 Å². The van der Waals surface area contributed by atoms with Crippen molar-refractivity contribution in [3.05, 3.63) is 23.3 Å². The van der Waals surface area contributed by atoms with E-state index in [-0.39, 0.29) is 28.9 Å². The molecule has 1 aromatic rings. The number of phenolic OH excluding ortho intramolecular Hbond substituents is 2. The molecule has 24 heavy (non-hydrogen) atoms. The maximum Gasteiger partial charge on any atom is 0.342 e. The molecule has 0 spiro atoms. The summed E-state index contributed by atoms with van der Waals surface area (Å²) in [5.41, 5.74) is 0.745. The van der Waals surface area contributed by atoms with Crippen molar-refractivity contribution >= 4 is 11.8 Å². The van der Waals surface area contributed by atoms with Crippen LogP contribution in [-0.2, 0) is 16.0 Å². The van der Waals surface area contributed by atoms with Crippen molar-refractivity contribution in [2.24, 2.45) is 0 Å². The van der Waals surface area contributed by atoms with E-state index in [9.17, 15) is 19.8 Å². The molecule has 5 nitrogen and oxygen atoms in total. The average Bonchev–Trinajstić information content (AvgIpc) is 2.52. The lowest BCUT2D eigenvalue weighted by Crippen LogP contribution is -2.19. The number of aromatic hydroxyl groups is 2. The highest BCUT2D eigenvalue weighted by Gasteiger charge is 2.22. The molecule has 0 bridgehead atoms. The summed E-state index contributed by atoms with van der Waals surface area (Å²) in [5.74, 6) is -0.601. The molecule has 5 heteroatoms. The fourth-order valence-corrected chi connectivity index (χ4v) is 3.12. The minimum Gasteiger partial charge on any atom is -0.508 e. The number of aryl methyl sites for hydroxylation is 1.